The van der Waals surface area contributed by atoms with Gasteiger partial charge in [-0.05, 0) is 37.4 Å². The number of nitrogens with zero attached hydrogens (tertiary/aromatic N) is 2. The van der Waals surface area contributed by atoms with Gasteiger partial charge in [0.1, 0.15) is 0 Å². The third-order valence-electron chi connectivity index (χ3n) is 4.32. The molecule has 0 aromatic heterocycles. The molecule has 0 radical (unpaired) electrons. The highest BCUT2D eigenvalue weighted by molar-refractivity contribution is 5.55. The van der Waals surface area contributed by atoms with Gasteiger partial charge in [-0.2, -0.15) is 0 Å². The average Bonchev–Trinajstić information content (AvgIpc) is 2.49. The molecule has 2 aliphatic rings. The van der Waals surface area contributed by atoms with Crippen LogP contribution in [0.4, 0.5) is 5.69 Å². The molecule has 2 heterocycles. The predicted octanol–water partition coefficient (Wildman–Crippen LogP) is 1.73. The Bertz CT molecular complexity index is 399. The van der Waals surface area contributed by atoms with Crippen LogP contribution in [0, 0.1) is 0 Å². The van der Waals surface area contributed by atoms with Gasteiger partial charge in [0.25, 0.3) is 0 Å². The molecular weight excluding hydrogens is 234 g/mol. The highest BCUT2D eigenvalue weighted by Crippen LogP contribution is 2.26. The lowest BCUT2D eigenvalue weighted by atomic mass is 10.0. The van der Waals surface area contributed by atoms with Crippen LogP contribution < -0.4 is 10.2 Å². The van der Waals surface area contributed by atoms with Crippen LogP contribution in [0.15, 0.2) is 24.3 Å². The van der Waals surface area contributed by atoms with Crippen LogP contribution in [-0.4, -0.2) is 50.7 Å². The second-order valence-corrected chi connectivity index (χ2v) is 5.66. The number of rotatable bonds is 4. The molecule has 0 saturated carbocycles. The Morgan fingerprint density at radius 1 is 1.00 bits per heavy atom. The summed E-state index contributed by atoms with van der Waals surface area (Å²) in [6.07, 6.45) is 3.85. The first-order valence-electron chi connectivity index (χ1n) is 7.69. The van der Waals surface area contributed by atoms with E-state index in [1.165, 1.54) is 63.2 Å². The fourth-order valence-electron chi connectivity index (χ4n) is 3.26. The maximum Gasteiger partial charge on any atom is 0.0398 e. The molecule has 104 valence electrons. The number of nitrogens with one attached hydrogen (secondary N) is 1. The highest BCUT2D eigenvalue weighted by Gasteiger charge is 2.16. The topological polar surface area (TPSA) is 18.5 Å². The molecule has 3 heteroatoms. The number of para-hydroxylation sites is 1. The van der Waals surface area contributed by atoms with Crippen LogP contribution in [0.1, 0.15) is 18.4 Å². The molecule has 0 spiro atoms. The number of anilines is 1. The van der Waals surface area contributed by atoms with Crippen molar-refractivity contribution in [3.8, 4) is 0 Å². The third kappa shape index (κ3) is 3.28. The van der Waals surface area contributed by atoms with Crippen molar-refractivity contribution in [3.05, 3.63) is 29.8 Å². The lowest BCUT2D eigenvalue weighted by molar-refractivity contribution is 0.239. The van der Waals surface area contributed by atoms with Crippen molar-refractivity contribution >= 4 is 5.69 Å². The van der Waals surface area contributed by atoms with Gasteiger partial charge < -0.3 is 15.1 Å². The maximum atomic E-state index is 3.42. The van der Waals surface area contributed by atoms with Crippen molar-refractivity contribution in [2.24, 2.45) is 0 Å². The zero-order valence-corrected chi connectivity index (χ0v) is 11.8. The first-order valence-corrected chi connectivity index (χ1v) is 7.69. The Morgan fingerprint density at radius 3 is 2.74 bits per heavy atom. The standard InChI is InChI=1S/C16H25N3/c1-2-7-16-15(5-1)6-3-11-19(16)12-4-10-18-13-8-17-9-14-18/h1-2,5,7,17H,3-4,6,8-14H2. The predicted molar refractivity (Wildman–Crippen MR) is 80.9 cm³/mol. The first kappa shape index (κ1) is 12.9. The van der Waals surface area contributed by atoms with Crippen LogP contribution in [0.3, 0.4) is 0 Å². The molecule has 0 aliphatic carbocycles. The third-order valence-corrected chi connectivity index (χ3v) is 4.32. The summed E-state index contributed by atoms with van der Waals surface area (Å²) in [6, 6.07) is 8.92. The quantitative estimate of drug-likeness (QED) is 0.888. The van der Waals surface area contributed by atoms with Crippen LogP contribution in [0.25, 0.3) is 0 Å². The maximum absolute atomic E-state index is 3.42. The van der Waals surface area contributed by atoms with E-state index in [1.54, 1.807) is 0 Å². The molecule has 1 fully saturated rings. The zero-order valence-electron chi connectivity index (χ0n) is 11.8. The minimum absolute atomic E-state index is 1.16. The number of hydrogen-bond donors (Lipinski definition) is 1. The SMILES string of the molecule is c1ccc2c(c1)CCCN2CCCN1CCNCC1. The van der Waals surface area contributed by atoms with Gasteiger partial charge in [0.2, 0.25) is 0 Å². The Hall–Kier alpha value is -1.06. The summed E-state index contributed by atoms with van der Waals surface area (Å²) in [6.45, 7) is 8.45. The first-order chi connectivity index (χ1) is 9.43. The van der Waals surface area contributed by atoms with Crippen molar-refractivity contribution in [2.75, 3.05) is 50.7 Å². The Balaban J connectivity index is 1.50. The van der Waals surface area contributed by atoms with Crippen LogP contribution in [0.2, 0.25) is 0 Å². The molecule has 1 aromatic carbocycles. The van der Waals surface area contributed by atoms with E-state index in [4.69, 9.17) is 0 Å². The highest BCUT2D eigenvalue weighted by atomic mass is 15.2. The summed E-state index contributed by atoms with van der Waals surface area (Å²) in [5.41, 5.74) is 3.02. The molecule has 2 aliphatic heterocycles. The van der Waals surface area contributed by atoms with E-state index in [9.17, 15) is 0 Å². The molecule has 3 nitrogen and oxygen atoms in total. The van der Waals surface area contributed by atoms with E-state index < -0.39 is 0 Å². The molecule has 1 saturated heterocycles. The largest absolute Gasteiger partial charge is 0.371 e. The molecule has 0 atom stereocenters. The van der Waals surface area contributed by atoms with Crippen molar-refractivity contribution in [2.45, 2.75) is 19.3 Å². The van der Waals surface area contributed by atoms with E-state index in [0.717, 1.165) is 13.1 Å². The monoisotopic (exact) mass is 259 g/mol. The van der Waals surface area contributed by atoms with Gasteiger partial charge in [-0.3, -0.25) is 0 Å². The average molecular weight is 259 g/mol. The fraction of sp³-hybridized carbons (Fsp3) is 0.625. The van der Waals surface area contributed by atoms with E-state index in [1.807, 2.05) is 0 Å². The van der Waals surface area contributed by atoms with Crippen molar-refractivity contribution in [1.29, 1.82) is 0 Å². The normalized spacial score (nSPS) is 20.3. The molecule has 1 aromatic rings. The van der Waals surface area contributed by atoms with Crippen LogP contribution >= 0.6 is 0 Å². The Labute approximate surface area is 116 Å². The summed E-state index contributed by atoms with van der Waals surface area (Å²) in [4.78, 5) is 5.17. The molecular formula is C16H25N3. The summed E-state index contributed by atoms with van der Waals surface area (Å²) in [5, 5.41) is 3.42. The van der Waals surface area contributed by atoms with E-state index in [0.29, 0.717) is 0 Å². The van der Waals surface area contributed by atoms with E-state index >= 15 is 0 Å². The van der Waals surface area contributed by atoms with Gasteiger partial charge in [0.05, 0.1) is 0 Å². The molecule has 19 heavy (non-hydrogen) atoms. The molecule has 0 bridgehead atoms. The fourth-order valence-corrected chi connectivity index (χ4v) is 3.26. The number of aryl methyl sites for hydroxylation is 1. The zero-order chi connectivity index (χ0) is 12.9. The second-order valence-electron chi connectivity index (χ2n) is 5.66. The van der Waals surface area contributed by atoms with E-state index in [-0.39, 0.29) is 0 Å². The van der Waals surface area contributed by atoms with Gasteiger partial charge in [-0.1, -0.05) is 18.2 Å². The number of hydrogen-bond acceptors (Lipinski definition) is 3. The lowest BCUT2D eigenvalue weighted by Crippen LogP contribution is -2.44. The minimum atomic E-state index is 1.16. The molecule has 1 N–H and O–H groups in total. The van der Waals surface area contributed by atoms with Crippen molar-refractivity contribution in [3.63, 3.8) is 0 Å². The molecule has 0 unspecified atom stereocenters. The van der Waals surface area contributed by atoms with Crippen LogP contribution in [-0.2, 0) is 6.42 Å². The van der Waals surface area contributed by atoms with Gasteiger partial charge in [0.15, 0.2) is 0 Å². The summed E-state index contributed by atoms with van der Waals surface area (Å²) in [7, 11) is 0. The number of piperazine rings is 1. The van der Waals surface area contributed by atoms with Gasteiger partial charge >= 0.3 is 0 Å². The summed E-state index contributed by atoms with van der Waals surface area (Å²) in [5.74, 6) is 0. The van der Waals surface area contributed by atoms with Gasteiger partial charge in [-0.25, -0.2) is 0 Å². The minimum Gasteiger partial charge on any atom is -0.371 e. The molecule has 0 amide bonds. The van der Waals surface area contributed by atoms with Crippen molar-refractivity contribution < 1.29 is 0 Å². The Morgan fingerprint density at radius 2 is 1.84 bits per heavy atom. The number of benzene rings is 1. The smallest absolute Gasteiger partial charge is 0.0398 e. The van der Waals surface area contributed by atoms with Gasteiger partial charge in [-0.15, -0.1) is 0 Å². The summed E-state index contributed by atoms with van der Waals surface area (Å²) < 4.78 is 0. The van der Waals surface area contributed by atoms with E-state index in [2.05, 4.69) is 39.4 Å². The second kappa shape index (κ2) is 6.40. The van der Waals surface area contributed by atoms with Gasteiger partial charge in [0, 0.05) is 45.0 Å². The van der Waals surface area contributed by atoms with Crippen LogP contribution in [0.5, 0.6) is 0 Å². The Kier molecular flexibility index (Phi) is 4.36. The molecule has 3 rings (SSSR count). The lowest BCUT2D eigenvalue weighted by Gasteiger charge is -2.33. The van der Waals surface area contributed by atoms with Crippen molar-refractivity contribution in [1.82, 2.24) is 10.2 Å². The summed E-state index contributed by atoms with van der Waals surface area (Å²) >= 11 is 0. The number of fused-ring (bicyclic) bond motifs is 1.